The van der Waals surface area contributed by atoms with Gasteiger partial charge in [0.1, 0.15) is 0 Å². The zero-order valence-corrected chi connectivity index (χ0v) is 9.30. The minimum absolute atomic E-state index is 0.00593. The molecule has 1 aliphatic carbocycles. The van der Waals surface area contributed by atoms with Crippen LogP contribution in [0.15, 0.2) is 24.3 Å². The molecule has 4 heteroatoms. The minimum Gasteiger partial charge on any atom is -0.481 e. The van der Waals surface area contributed by atoms with E-state index in [4.69, 9.17) is 5.11 Å². The summed E-state index contributed by atoms with van der Waals surface area (Å²) < 4.78 is 0. The second-order valence-corrected chi connectivity index (χ2v) is 4.75. The van der Waals surface area contributed by atoms with Gasteiger partial charge in [0, 0.05) is 13.1 Å². The van der Waals surface area contributed by atoms with Gasteiger partial charge in [-0.05, 0) is 17.5 Å². The van der Waals surface area contributed by atoms with Crippen LogP contribution in [-0.2, 0) is 22.7 Å². The Morgan fingerprint density at radius 1 is 1.12 bits per heavy atom. The quantitative estimate of drug-likeness (QED) is 0.833. The molecule has 0 spiro atoms. The maximum absolute atomic E-state index is 12.1. The normalized spacial score (nSPS) is 25.5. The lowest BCUT2D eigenvalue weighted by Crippen LogP contribution is -2.28. The fourth-order valence-electron chi connectivity index (χ4n) is 2.46. The number of aliphatic carboxylic acids is 1. The minimum atomic E-state index is -0.847. The SMILES string of the molecule is O=C(O)[C@@H]1C[C@@H]1C(=O)N1Cc2ccccc2C1. The largest absolute Gasteiger partial charge is 0.481 e. The van der Waals surface area contributed by atoms with Crippen LogP contribution < -0.4 is 0 Å². The van der Waals surface area contributed by atoms with Crippen LogP contribution >= 0.6 is 0 Å². The van der Waals surface area contributed by atoms with Crippen molar-refractivity contribution in [3.63, 3.8) is 0 Å². The fourth-order valence-corrected chi connectivity index (χ4v) is 2.46. The van der Waals surface area contributed by atoms with Crippen molar-refractivity contribution in [2.45, 2.75) is 19.5 Å². The smallest absolute Gasteiger partial charge is 0.307 e. The average molecular weight is 231 g/mol. The van der Waals surface area contributed by atoms with Gasteiger partial charge in [0.15, 0.2) is 0 Å². The number of hydrogen-bond donors (Lipinski definition) is 1. The average Bonchev–Trinajstić information content (AvgIpc) is 3.00. The van der Waals surface area contributed by atoms with E-state index in [2.05, 4.69) is 0 Å². The van der Waals surface area contributed by atoms with Crippen LogP contribution in [0.2, 0.25) is 0 Å². The second kappa shape index (κ2) is 3.58. The number of carboxylic acids is 1. The summed E-state index contributed by atoms with van der Waals surface area (Å²) in [5.41, 5.74) is 2.35. The van der Waals surface area contributed by atoms with Crippen molar-refractivity contribution in [1.82, 2.24) is 4.90 Å². The Morgan fingerprint density at radius 2 is 1.71 bits per heavy atom. The van der Waals surface area contributed by atoms with Crippen LogP contribution in [0.4, 0.5) is 0 Å². The van der Waals surface area contributed by atoms with E-state index < -0.39 is 11.9 Å². The van der Waals surface area contributed by atoms with Gasteiger partial charge in [0.05, 0.1) is 11.8 Å². The summed E-state index contributed by atoms with van der Waals surface area (Å²) in [6.07, 6.45) is 0.501. The van der Waals surface area contributed by atoms with Crippen molar-refractivity contribution in [3.8, 4) is 0 Å². The molecular weight excluding hydrogens is 218 g/mol. The molecular formula is C13H13NO3. The predicted octanol–water partition coefficient (Wildman–Crippen LogP) is 1.25. The molecule has 1 saturated carbocycles. The number of benzene rings is 1. The van der Waals surface area contributed by atoms with Crippen molar-refractivity contribution in [1.29, 1.82) is 0 Å². The third-order valence-corrected chi connectivity index (χ3v) is 3.58. The Kier molecular flexibility index (Phi) is 2.18. The molecule has 2 atom stereocenters. The first-order valence-corrected chi connectivity index (χ1v) is 5.75. The molecule has 17 heavy (non-hydrogen) atoms. The van der Waals surface area contributed by atoms with Gasteiger partial charge in [-0.2, -0.15) is 0 Å². The van der Waals surface area contributed by atoms with Crippen molar-refractivity contribution >= 4 is 11.9 Å². The topological polar surface area (TPSA) is 57.6 Å². The van der Waals surface area contributed by atoms with Gasteiger partial charge in [-0.1, -0.05) is 24.3 Å². The molecule has 1 N–H and O–H groups in total. The monoisotopic (exact) mass is 231 g/mol. The molecule has 2 aliphatic rings. The Labute approximate surface area is 98.9 Å². The molecule has 1 heterocycles. The van der Waals surface area contributed by atoms with Crippen LogP contribution in [0.1, 0.15) is 17.5 Å². The van der Waals surface area contributed by atoms with E-state index in [1.54, 1.807) is 4.90 Å². The van der Waals surface area contributed by atoms with Crippen molar-refractivity contribution in [2.24, 2.45) is 11.8 Å². The van der Waals surface area contributed by atoms with E-state index in [0.29, 0.717) is 19.5 Å². The highest BCUT2D eigenvalue weighted by Gasteiger charge is 2.50. The molecule has 1 aliphatic heterocycles. The standard InChI is InChI=1S/C13H13NO3/c15-12(10-5-11(10)13(16)17)14-6-8-3-1-2-4-9(8)7-14/h1-4,10-11H,5-7H2,(H,16,17)/t10-,11+/m0/s1. The molecule has 0 radical (unpaired) electrons. The zero-order chi connectivity index (χ0) is 12.0. The first-order valence-electron chi connectivity index (χ1n) is 5.75. The molecule has 1 amide bonds. The summed E-state index contributed by atoms with van der Waals surface area (Å²) in [7, 11) is 0. The molecule has 1 aromatic rings. The van der Waals surface area contributed by atoms with Gasteiger partial charge >= 0.3 is 5.97 Å². The molecule has 3 rings (SSSR count). The number of fused-ring (bicyclic) bond motifs is 1. The van der Waals surface area contributed by atoms with Gasteiger partial charge in [-0.15, -0.1) is 0 Å². The molecule has 4 nitrogen and oxygen atoms in total. The Hall–Kier alpha value is -1.84. The molecule has 0 saturated heterocycles. The van der Waals surface area contributed by atoms with Crippen LogP contribution in [0.3, 0.4) is 0 Å². The summed E-state index contributed by atoms with van der Waals surface area (Å²) in [5, 5.41) is 8.82. The summed E-state index contributed by atoms with van der Waals surface area (Å²) in [5.74, 6) is -1.60. The number of carbonyl (C=O) groups is 2. The number of carboxylic acid groups (broad SMARTS) is 1. The van der Waals surface area contributed by atoms with E-state index in [1.807, 2.05) is 24.3 Å². The second-order valence-electron chi connectivity index (χ2n) is 4.75. The highest BCUT2D eigenvalue weighted by molar-refractivity contribution is 5.89. The summed E-state index contributed by atoms with van der Waals surface area (Å²) >= 11 is 0. The van der Waals surface area contributed by atoms with Gasteiger partial charge in [-0.25, -0.2) is 0 Å². The lowest BCUT2D eigenvalue weighted by molar-refractivity contribution is -0.142. The van der Waals surface area contributed by atoms with Gasteiger partial charge < -0.3 is 10.0 Å². The van der Waals surface area contributed by atoms with Gasteiger partial charge in [0.2, 0.25) is 5.91 Å². The van der Waals surface area contributed by atoms with Crippen LogP contribution in [0.25, 0.3) is 0 Å². The van der Waals surface area contributed by atoms with E-state index in [9.17, 15) is 9.59 Å². The number of carbonyl (C=O) groups excluding carboxylic acids is 1. The summed E-state index contributed by atoms with van der Waals surface area (Å²) in [6, 6.07) is 7.96. The van der Waals surface area contributed by atoms with Crippen molar-refractivity contribution < 1.29 is 14.7 Å². The number of nitrogens with zero attached hydrogens (tertiary/aromatic N) is 1. The zero-order valence-electron chi connectivity index (χ0n) is 9.30. The highest BCUT2D eigenvalue weighted by Crippen LogP contribution is 2.41. The van der Waals surface area contributed by atoms with Crippen molar-refractivity contribution in [3.05, 3.63) is 35.4 Å². The first kappa shape index (κ1) is 10.3. The molecule has 1 aromatic carbocycles. The third-order valence-electron chi connectivity index (χ3n) is 3.58. The highest BCUT2D eigenvalue weighted by atomic mass is 16.4. The van der Waals surface area contributed by atoms with E-state index >= 15 is 0 Å². The third kappa shape index (κ3) is 1.69. The predicted molar refractivity (Wildman–Crippen MR) is 59.9 cm³/mol. The Balaban J connectivity index is 1.70. The number of hydrogen-bond acceptors (Lipinski definition) is 2. The molecule has 0 aromatic heterocycles. The van der Waals surface area contributed by atoms with Crippen LogP contribution in [0, 0.1) is 11.8 Å². The molecule has 1 fully saturated rings. The van der Waals surface area contributed by atoms with Crippen molar-refractivity contribution in [2.75, 3.05) is 0 Å². The lowest BCUT2D eigenvalue weighted by Gasteiger charge is -2.14. The maximum atomic E-state index is 12.1. The van der Waals surface area contributed by atoms with Crippen LogP contribution in [0.5, 0.6) is 0 Å². The number of rotatable bonds is 2. The molecule has 88 valence electrons. The summed E-state index contributed by atoms with van der Waals surface area (Å²) in [6.45, 7) is 1.25. The Morgan fingerprint density at radius 3 is 2.18 bits per heavy atom. The Bertz CT molecular complexity index is 472. The van der Waals surface area contributed by atoms with Gasteiger partial charge in [-0.3, -0.25) is 9.59 Å². The van der Waals surface area contributed by atoms with E-state index in [1.165, 1.54) is 11.1 Å². The van der Waals surface area contributed by atoms with Gasteiger partial charge in [0.25, 0.3) is 0 Å². The fraction of sp³-hybridized carbons (Fsp3) is 0.385. The van der Waals surface area contributed by atoms with E-state index in [0.717, 1.165) is 0 Å². The molecule has 0 unspecified atom stereocenters. The number of amides is 1. The maximum Gasteiger partial charge on any atom is 0.307 e. The van der Waals surface area contributed by atoms with Crippen LogP contribution in [-0.4, -0.2) is 21.9 Å². The summed E-state index contributed by atoms with van der Waals surface area (Å²) in [4.78, 5) is 24.6. The first-order chi connectivity index (χ1) is 8.16. The van der Waals surface area contributed by atoms with E-state index in [-0.39, 0.29) is 11.8 Å². The lowest BCUT2D eigenvalue weighted by atomic mass is 10.1. The molecule has 0 bridgehead atoms.